The lowest BCUT2D eigenvalue weighted by Crippen LogP contribution is -2.29. The van der Waals surface area contributed by atoms with E-state index in [1.54, 1.807) is 18.6 Å². The van der Waals surface area contributed by atoms with Crippen LogP contribution in [-0.2, 0) is 6.54 Å². The highest BCUT2D eigenvalue weighted by Gasteiger charge is 2.18. The van der Waals surface area contributed by atoms with Gasteiger partial charge >= 0.3 is 0 Å². The lowest BCUT2D eigenvalue weighted by molar-refractivity contribution is 0.0928. The van der Waals surface area contributed by atoms with Crippen molar-refractivity contribution in [3.05, 3.63) is 65.8 Å². The van der Waals surface area contributed by atoms with Crippen molar-refractivity contribution in [1.29, 1.82) is 0 Å². The highest BCUT2D eigenvalue weighted by atomic mass is 16.2. The van der Waals surface area contributed by atoms with Crippen molar-refractivity contribution < 1.29 is 4.79 Å². The van der Waals surface area contributed by atoms with Gasteiger partial charge in [-0.25, -0.2) is 9.97 Å². The molecule has 4 rings (SSSR count). The zero-order chi connectivity index (χ0) is 18.8. The maximum atomic E-state index is 12.6. The van der Waals surface area contributed by atoms with Gasteiger partial charge in [-0.15, -0.1) is 0 Å². The Morgan fingerprint density at radius 3 is 2.93 bits per heavy atom. The molecule has 4 aromatic rings. The molecule has 1 aromatic carbocycles. The Hall–Kier alpha value is -3.42. The SMILES string of the molecule is CC[C@@H](NC(=O)c1cc(Cn2cnc3ccccc32)[nH]n1)c1ncc(C)[nH]1. The van der Waals surface area contributed by atoms with Gasteiger partial charge in [0.25, 0.3) is 5.91 Å². The average Bonchev–Trinajstić information content (AvgIpc) is 3.41. The fourth-order valence-electron chi connectivity index (χ4n) is 3.08. The number of H-pyrrole nitrogens is 2. The van der Waals surface area contributed by atoms with E-state index in [4.69, 9.17) is 0 Å². The summed E-state index contributed by atoms with van der Waals surface area (Å²) in [6.45, 7) is 4.50. The summed E-state index contributed by atoms with van der Waals surface area (Å²) in [5.74, 6) is 0.526. The Bertz CT molecular complexity index is 1070. The number of rotatable bonds is 6. The number of hydrogen-bond donors (Lipinski definition) is 3. The number of carbonyl (C=O) groups is 1. The fraction of sp³-hybridized carbons (Fsp3) is 0.263. The first-order valence-corrected chi connectivity index (χ1v) is 8.90. The normalized spacial score (nSPS) is 12.4. The van der Waals surface area contributed by atoms with E-state index in [0.717, 1.165) is 34.7 Å². The van der Waals surface area contributed by atoms with Gasteiger partial charge in [0.2, 0.25) is 0 Å². The average molecular weight is 363 g/mol. The molecule has 1 amide bonds. The Morgan fingerprint density at radius 1 is 1.30 bits per heavy atom. The summed E-state index contributed by atoms with van der Waals surface area (Å²) < 4.78 is 2.02. The number of carbonyl (C=O) groups excluding carboxylic acids is 1. The smallest absolute Gasteiger partial charge is 0.272 e. The van der Waals surface area contributed by atoms with Crippen molar-refractivity contribution in [3.8, 4) is 0 Å². The van der Waals surface area contributed by atoms with Crippen LogP contribution in [-0.4, -0.2) is 35.6 Å². The third-order valence-electron chi connectivity index (χ3n) is 4.50. The van der Waals surface area contributed by atoms with Gasteiger partial charge in [-0.2, -0.15) is 5.10 Å². The number of aryl methyl sites for hydroxylation is 1. The maximum Gasteiger partial charge on any atom is 0.272 e. The maximum absolute atomic E-state index is 12.6. The Kier molecular flexibility index (Phi) is 4.45. The lowest BCUT2D eigenvalue weighted by atomic mass is 10.2. The number of para-hydroxylation sites is 2. The molecule has 0 aliphatic heterocycles. The van der Waals surface area contributed by atoms with E-state index in [1.165, 1.54) is 0 Å². The van der Waals surface area contributed by atoms with Crippen molar-refractivity contribution in [1.82, 2.24) is 35.0 Å². The summed E-state index contributed by atoms with van der Waals surface area (Å²) in [7, 11) is 0. The Labute approximate surface area is 156 Å². The molecule has 3 N–H and O–H groups in total. The monoisotopic (exact) mass is 363 g/mol. The summed E-state index contributed by atoms with van der Waals surface area (Å²) in [5.41, 5.74) is 4.14. The molecule has 0 aliphatic carbocycles. The van der Waals surface area contributed by atoms with Gasteiger partial charge in [-0.05, 0) is 31.5 Å². The molecule has 0 saturated heterocycles. The summed E-state index contributed by atoms with van der Waals surface area (Å²) in [6.07, 6.45) is 4.28. The minimum Gasteiger partial charge on any atom is -0.344 e. The predicted molar refractivity (Wildman–Crippen MR) is 101 cm³/mol. The van der Waals surface area contributed by atoms with Crippen LogP contribution >= 0.6 is 0 Å². The molecule has 0 bridgehead atoms. The number of amides is 1. The minimum absolute atomic E-state index is 0.177. The van der Waals surface area contributed by atoms with E-state index in [9.17, 15) is 4.79 Å². The molecular weight excluding hydrogens is 342 g/mol. The van der Waals surface area contributed by atoms with Crippen LogP contribution in [0.1, 0.15) is 47.1 Å². The van der Waals surface area contributed by atoms with E-state index in [1.807, 2.05) is 42.7 Å². The van der Waals surface area contributed by atoms with Crippen molar-refractivity contribution in [2.75, 3.05) is 0 Å². The number of benzene rings is 1. The number of nitrogens with zero attached hydrogens (tertiary/aromatic N) is 4. The number of nitrogens with one attached hydrogen (secondary N) is 3. The second-order valence-electron chi connectivity index (χ2n) is 6.53. The number of hydrogen-bond acceptors (Lipinski definition) is 4. The number of aromatic nitrogens is 6. The van der Waals surface area contributed by atoms with Crippen molar-refractivity contribution in [3.63, 3.8) is 0 Å². The molecule has 0 unspecified atom stereocenters. The molecule has 0 radical (unpaired) electrons. The molecule has 3 aromatic heterocycles. The van der Waals surface area contributed by atoms with Crippen LogP contribution in [0.2, 0.25) is 0 Å². The second-order valence-corrected chi connectivity index (χ2v) is 6.53. The van der Waals surface area contributed by atoms with Crippen LogP contribution < -0.4 is 5.32 Å². The van der Waals surface area contributed by atoms with E-state index in [2.05, 4.69) is 30.5 Å². The number of fused-ring (bicyclic) bond motifs is 1. The van der Waals surface area contributed by atoms with Gasteiger partial charge in [-0.1, -0.05) is 19.1 Å². The minimum atomic E-state index is -0.228. The van der Waals surface area contributed by atoms with Gasteiger partial charge in [0, 0.05) is 11.9 Å². The van der Waals surface area contributed by atoms with Gasteiger partial charge in [-0.3, -0.25) is 9.89 Å². The first-order chi connectivity index (χ1) is 13.1. The first kappa shape index (κ1) is 17.0. The molecule has 1 atom stereocenters. The van der Waals surface area contributed by atoms with Crippen molar-refractivity contribution in [2.24, 2.45) is 0 Å². The Morgan fingerprint density at radius 2 is 2.15 bits per heavy atom. The number of aromatic amines is 2. The molecule has 0 aliphatic rings. The summed E-state index contributed by atoms with van der Waals surface area (Å²) in [5, 5.41) is 10.1. The van der Waals surface area contributed by atoms with Crippen LogP contribution in [0.25, 0.3) is 11.0 Å². The molecule has 8 nitrogen and oxygen atoms in total. The summed E-state index contributed by atoms with van der Waals surface area (Å²) >= 11 is 0. The van der Waals surface area contributed by atoms with Crippen molar-refractivity contribution >= 4 is 16.9 Å². The quantitative estimate of drug-likeness (QED) is 0.490. The second kappa shape index (κ2) is 7.06. The standard InChI is InChI=1S/C19H21N7O/c1-3-14(18-20-9-12(2)22-18)23-19(27)16-8-13(24-25-16)10-26-11-21-15-6-4-5-7-17(15)26/h4-9,11,14H,3,10H2,1-2H3,(H,20,22)(H,23,27)(H,24,25)/t14-/m1/s1. The summed E-state index contributed by atoms with van der Waals surface area (Å²) in [4.78, 5) is 24.4. The molecule has 3 heterocycles. The third kappa shape index (κ3) is 3.46. The van der Waals surface area contributed by atoms with Gasteiger partial charge in [0.15, 0.2) is 0 Å². The largest absolute Gasteiger partial charge is 0.344 e. The first-order valence-electron chi connectivity index (χ1n) is 8.90. The van der Waals surface area contributed by atoms with Crippen LogP contribution in [0.4, 0.5) is 0 Å². The molecule has 8 heteroatoms. The van der Waals surface area contributed by atoms with Gasteiger partial charge in [0.1, 0.15) is 11.5 Å². The van der Waals surface area contributed by atoms with Crippen LogP contribution in [0, 0.1) is 6.92 Å². The molecule has 0 saturated carbocycles. The number of imidazole rings is 2. The Balaban J connectivity index is 1.47. The topological polar surface area (TPSA) is 104 Å². The fourth-order valence-corrected chi connectivity index (χ4v) is 3.08. The van der Waals surface area contributed by atoms with Crippen LogP contribution in [0.15, 0.2) is 42.9 Å². The predicted octanol–water partition coefficient (Wildman–Crippen LogP) is 2.72. The summed E-state index contributed by atoms with van der Waals surface area (Å²) in [6, 6.07) is 9.52. The molecule has 0 spiro atoms. The van der Waals surface area contributed by atoms with E-state index >= 15 is 0 Å². The van der Waals surface area contributed by atoms with Crippen molar-refractivity contribution in [2.45, 2.75) is 32.9 Å². The van der Waals surface area contributed by atoms with E-state index in [0.29, 0.717) is 12.2 Å². The van der Waals surface area contributed by atoms with E-state index < -0.39 is 0 Å². The zero-order valence-electron chi connectivity index (χ0n) is 15.2. The lowest BCUT2D eigenvalue weighted by Gasteiger charge is -2.13. The molecule has 138 valence electrons. The van der Waals surface area contributed by atoms with Crippen LogP contribution in [0.5, 0.6) is 0 Å². The zero-order valence-corrected chi connectivity index (χ0v) is 15.2. The third-order valence-corrected chi connectivity index (χ3v) is 4.50. The van der Waals surface area contributed by atoms with Gasteiger partial charge < -0.3 is 14.9 Å². The molecular formula is C19H21N7O. The van der Waals surface area contributed by atoms with Gasteiger partial charge in [0.05, 0.1) is 35.6 Å². The van der Waals surface area contributed by atoms with E-state index in [-0.39, 0.29) is 11.9 Å². The highest BCUT2D eigenvalue weighted by molar-refractivity contribution is 5.92. The molecule has 27 heavy (non-hydrogen) atoms. The highest BCUT2D eigenvalue weighted by Crippen LogP contribution is 2.15. The molecule has 0 fully saturated rings. The van der Waals surface area contributed by atoms with Crippen LogP contribution in [0.3, 0.4) is 0 Å².